The van der Waals surface area contributed by atoms with Crippen LogP contribution in [0.5, 0.6) is 5.75 Å². The molecule has 1 aromatic heterocycles. The lowest BCUT2D eigenvalue weighted by molar-refractivity contribution is 0.0895. The number of carbonyl (C=O) groups excluding carboxylic acids is 2. The van der Waals surface area contributed by atoms with E-state index >= 15 is 0 Å². The summed E-state index contributed by atoms with van der Waals surface area (Å²) in [6.45, 7) is 0.540. The quantitative estimate of drug-likeness (QED) is 0.455. The molecule has 13 heteroatoms. The molecule has 2 atom stereocenters. The van der Waals surface area contributed by atoms with E-state index < -0.39 is 20.3 Å². The monoisotopic (exact) mass is 511 g/mol. The summed E-state index contributed by atoms with van der Waals surface area (Å²) in [4.78, 5) is 48.3. The smallest absolute Gasteiger partial charge is 0.469 e. The van der Waals surface area contributed by atoms with Gasteiger partial charge in [0, 0.05) is 48.8 Å². The van der Waals surface area contributed by atoms with Gasteiger partial charge in [-0.1, -0.05) is 23.7 Å². The van der Waals surface area contributed by atoms with Gasteiger partial charge in [-0.15, -0.1) is 0 Å². The molecule has 34 heavy (non-hydrogen) atoms. The van der Waals surface area contributed by atoms with E-state index in [1.807, 2.05) is 0 Å². The van der Waals surface area contributed by atoms with Crippen LogP contribution in [0.3, 0.4) is 0 Å². The first-order valence-corrected chi connectivity index (χ1v) is 12.4. The van der Waals surface area contributed by atoms with E-state index in [1.54, 1.807) is 29.2 Å². The van der Waals surface area contributed by atoms with E-state index in [-0.39, 0.29) is 48.4 Å². The maximum atomic E-state index is 12.7. The molecule has 1 aromatic carbocycles. The molecule has 2 saturated heterocycles. The van der Waals surface area contributed by atoms with Crippen molar-refractivity contribution in [2.24, 2.45) is 0 Å². The van der Waals surface area contributed by atoms with E-state index in [1.165, 1.54) is 12.3 Å². The van der Waals surface area contributed by atoms with Crippen molar-refractivity contribution in [2.75, 3.05) is 13.2 Å². The third-order valence-electron chi connectivity index (χ3n) is 5.53. The zero-order valence-corrected chi connectivity index (χ0v) is 19.6. The summed E-state index contributed by atoms with van der Waals surface area (Å²) in [6, 6.07) is 8.32. The first-order valence-electron chi connectivity index (χ1n) is 10.5. The van der Waals surface area contributed by atoms with Crippen molar-refractivity contribution in [3.63, 3.8) is 0 Å². The summed E-state index contributed by atoms with van der Waals surface area (Å²) < 4.78 is 26.9. The molecule has 4 rings (SSSR count). The van der Waals surface area contributed by atoms with Crippen LogP contribution in [0.2, 0.25) is 5.02 Å². The number of benzene rings is 1. The topological polar surface area (TPSA) is 148 Å². The maximum Gasteiger partial charge on any atom is 0.469 e. The van der Waals surface area contributed by atoms with Crippen molar-refractivity contribution in [2.45, 2.75) is 38.1 Å². The molecule has 3 N–H and O–H groups in total. The lowest BCUT2D eigenvalue weighted by Gasteiger charge is -2.33. The molecule has 2 fully saturated rings. The normalized spacial score (nSPS) is 20.0. The number of halogens is 1. The Bertz CT molecular complexity index is 1110. The number of aromatic nitrogens is 1. The highest BCUT2D eigenvalue weighted by Gasteiger charge is 2.39. The number of cyclic esters (lactones) is 1. The van der Waals surface area contributed by atoms with E-state index in [2.05, 4.69) is 14.8 Å². The fourth-order valence-corrected chi connectivity index (χ4v) is 4.22. The molecule has 3 heterocycles. The second kappa shape index (κ2) is 10.3. The molecule has 11 nitrogen and oxygen atoms in total. The van der Waals surface area contributed by atoms with Crippen molar-refractivity contribution in [1.29, 1.82) is 0 Å². The van der Waals surface area contributed by atoms with Gasteiger partial charge in [0.05, 0.1) is 12.6 Å². The van der Waals surface area contributed by atoms with Crippen molar-refractivity contribution in [1.82, 2.24) is 15.2 Å². The third-order valence-corrected chi connectivity index (χ3v) is 6.24. The number of nitrogens with one attached hydrogen (secondary N) is 1. The zero-order chi connectivity index (χ0) is 24.3. The van der Waals surface area contributed by atoms with Gasteiger partial charge < -0.3 is 29.5 Å². The van der Waals surface area contributed by atoms with Gasteiger partial charge in [0.15, 0.2) is 0 Å². The number of phosphoric acid groups is 1. The fourth-order valence-electron chi connectivity index (χ4n) is 3.79. The van der Waals surface area contributed by atoms with Crippen molar-refractivity contribution >= 4 is 31.4 Å². The maximum absolute atomic E-state index is 12.7. The minimum absolute atomic E-state index is 0.0701. The molecule has 0 spiro atoms. The summed E-state index contributed by atoms with van der Waals surface area (Å²) in [5.41, 5.74) is 1.19. The number of amides is 2. The first kappa shape index (κ1) is 24.4. The van der Waals surface area contributed by atoms with Crippen LogP contribution in [-0.4, -0.2) is 57.0 Å². The Balaban J connectivity index is 1.48. The Morgan fingerprint density at radius 1 is 1.32 bits per heavy atom. The molecule has 0 radical (unpaired) electrons. The van der Waals surface area contributed by atoms with Crippen LogP contribution >= 0.6 is 19.4 Å². The molecule has 0 aliphatic carbocycles. The lowest BCUT2D eigenvalue weighted by atomic mass is 10.0. The van der Waals surface area contributed by atoms with Gasteiger partial charge in [0.2, 0.25) is 0 Å². The number of carbonyl (C=O) groups is 2. The molecular formula is C21H23ClN3O8P. The summed E-state index contributed by atoms with van der Waals surface area (Å²) >= 11 is 5.88. The number of hydrogen-bond acceptors (Lipinski definition) is 7. The lowest BCUT2D eigenvalue weighted by Crippen LogP contribution is -2.44. The number of pyridine rings is 1. The highest BCUT2D eigenvalue weighted by atomic mass is 35.5. The fraction of sp³-hybridized carbons (Fsp3) is 0.381. The molecular weight excluding hydrogens is 489 g/mol. The summed E-state index contributed by atoms with van der Waals surface area (Å²) in [5, 5.41) is 3.35. The Morgan fingerprint density at radius 2 is 2.09 bits per heavy atom. The molecule has 2 aliphatic heterocycles. The van der Waals surface area contributed by atoms with Gasteiger partial charge in [-0.25, -0.2) is 9.36 Å². The number of rotatable bonds is 8. The third kappa shape index (κ3) is 6.25. The molecule has 2 aromatic rings. The van der Waals surface area contributed by atoms with Crippen molar-refractivity contribution in [3.05, 3.63) is 58.4 Å². The molecule has 0 unspecified atom stereocenters. The van der Waals surface area contributed by atoms with Crippen LogP contribution in [0, 0.1) is 0 Å². The predicted molar refractivity (Wildman–Crippen MR) is 119 cm³/mol. The standard InChI is InChI=1S/C21H23ClN3O8P/c22-15-3-1-13(2-4-15)9-24-20(26)18-8-19(14(10-23-18)11-32-34(28,29)30)33-17-5-6-25-16(7-17)12-31-21(25)27/h1-4,8,10,16-17H,5-7,9,11-12H2,(H,24,26)(H2,28,29,30)/t16-,17-/m0/s1. The van der Waals surface area contributed by atoms with Gasteiger partial charge in [-0.05, 0) is 17.7 Å². The number of fused-ring (bicyclic) bond motifs is 1. The number of ether oxygens (including phenoxy) is 2. The molecule has 2 aliphatic rings. The largest absolute Gasteiger partial charge is 0.490 e. The molecule has 2 amide bonds. The second-order valence-corrected chi connectivity index (χ2v) is 9.61. The number of piperidine rings is 1. The number of nitrogens with zero attached hydrogens (tertiary/aromatic N) is 2. The van der Waals surface area contributed by atoms with Crippen LogP contribution < -0.4 is 10.1 Å². The number of hydrogen-bond donors (Lipinski definition) is 3. The van der Waals surface area contributed by atoms with Crippen LogP contribution in [0.4, 0.5) is 4.79 Å². The SMILES string of the molecule is O=C(NCc1ccc(Cl)cc1)c1cc(O[C@H]2CCN3C(=O)OC[C@@H]3C2)c(COP(=O)(O)O)cn1. The Kier molecular flexibility index (Phi) is 7.39. The van der Waals surface area contributed by atoms with Crippen LogP contribution in [0.15, 0.2) is 36.5 Å². The predicted octanol–water partition coefficient (Wildman–Crippen LogP) is 2.64. The molecule has 182 valence electrons. The Morgan fingerprint density at radius 3 is 2.82 bits per heavy atom. The van der Waals surface area contributed by atoms with E-state index in [4.69, 9.17) is 30.9 Å². The van der Waals surface area contributed by atoms with Crippen LogP contribution in [-0.2, 0) is 27.0 Å². The summed E-state index contributed by atoms with van der Waals surface area (Å²) in [6.07, 6.45) is 1.70. The minimum atomic E-state index is -4.73. The molecule has 0 saturated carbocycles. The number of phosphoric ester groups is 1. The Labute approximate surface area is 200 Å². The zero-order valence-electron chi connectivity index (χ0n) is 17.9. The molecule has 0 bridgehead atoms. The average Bonchev–Trinajstić information content (AvgIpc) is 3.17. The van der Waals surface area contributed by atoms with Crippen molar-refractivity contribution < 1.29 is 37.9 Å². The van der Waals surface area contributed by atoms with Gasteiger partial charge in [-0.3, -0.25) is 14.3 Å². The Hall–Kier alpha value is -2.69. The van der Waals surface area contributed by atoms with E-state index in [0.717, 1.165) is 5.56 Å². The summed E-state index contributed by atoms with van der Waals surface area (Å²) in [5.74, 6) is -0.226. The second-order valence-electron chi connectivity index (χ2n) is 7.94. The van der Waals surface area contributed by atoms with Gasteiger partial charge in [0.25, 0.3) is 5.91 Å². The highest BCUT2D eigenvalue weighted by molar-refractivity contribution is 7.46. The average molecular weight is 512 g/mol. The highest BCUT2D eigenvalue weighted by Crippen LogP contribution is 2.38. The van der Waals surface area contributed by atoms with E-state index in [9.17, 15) is 14.2 Å². The van der Waals surface area contributed by atoms with E-state index in [0.29, 0.717) is 24.4 Å². The first-order chi connectivity index (χ1) is 16.2. The van der Waals surface area contributed by atoms with Gasteiger partial charge in [0.1, 0.15) is 24.2 Å². The summed E-state index contributed by atoms with van der Waals surface area (Å²) in [7, 11) is -4.73. The van der Waals surface area contributed by atoms with Crippen LogP contribution in [0.25, 0.3) is 0 Å². The van der Waals surface area contributed by atoms with Gasteiger partial charge in [-0.2, -0.15) is 0 Å². The van der Waals surface area contributed by atoms with Crippen molar-refractivity contribution in [3.8, 4) is 5.75 Å². The minimum Gasteiger partial charge on any atom is -0.490 e. The van der Waals surface area contributed by atoms with Gasteiger partial charge >= 0.3 is 13.9 Å². The van der Waals surface area contributed by atoms with Crippen LogP contribution in [0.1, 0.15) is 34.5 Å².